The highest BCUT2D eigenvalue weighted by Crippen LogP contribution is 2.17. The molecule has 1 saturated heterocycles. The van der Waals surface area contributed by atoms with Crippen LogP contribution in [0.25, 0.3) is 11.3 Å². The number of pyridine rings is 1. The summed E-state index contributed by atoms with van der Waals surface area (Å²) in [5.41, 5.74) is 1.57. The van der Waals surface area contributed by atoms with Gasteiger partial charge < -0.3 is 25.0 Å². The molecular weight excluding hydrogens is 428 g/mol. The molecule has 1 aromatic heterocycles. The van der Waals surface area contributed by atoms with E-state index in [1.165, 1.54) is 23.0 Å². The Morgan fingerprint density at radius 1 is 1.00 bits per heavy atom. The van der Waals surface area contributed by atoms with Gasteiger partial charge in [0.05, 0.1) is 12.8 Å². The topological polar surface area (TPSA) is 129 Å². The van der Waals surface area contributed by atoms with Gasteiger partial charge in [-0.05, 0) is 18.6 Å². The van der Waals surface area contributed by atoms with Crippen LogP contribution in [0, 0.1) is 0 Å². The number of carboxylic acid groups (broad SMARTS) is 1. The maximum Gasteiger partial charge on any atom is 0.409 e. The number of benzene rings is 1. The molecule has 0 saturated carbocycles. The number of carboxylic acids is 1. The fraction of sp³-hybridized carbons (Fsp3) is 0.348. The van der Waals surface area contributed by atoms with Crippen LogP contribution in [-0.2, 0) is 14.3 Å². The Bertz CT molecular complexity index is 1010. The van der Waals surface area contributed by atoms with Gasteiger partial charge in [-0.15, -0.1) is 0 Å². The average molecular weight is 454 g/mol. The first-order chi connectivity index (χ1) is 15.9. The maximum atomic E-state index is 13.1. The summed E-state index contributed by atoms with van der Waals surface area (Å²) in [7, 11) is 1.29. The zero-order chi connectivity index (χ0) is 23.8. The summed E-state index contributed by atoms with van der Waals surface area (Å²) < 4.78 is 4.70. The smallest absolute Gasteiger partial charge is 0.409 e. The van der Waals surface area contributed by atoms with Gasteiger partial charge in [0, 0.05) is 38.2 Å². The van der Waals surface area contributed by atoms with Crippen LogP contribution in [0.4, 0.5) is 4.79 Å². The minimum absolute atomic E-state index is 0.0600. The van der Waals surface area contributed by atoms with E-state index < -0.39 is 29.9 Å². The van der Waals surface area contributed by atoms with Gasteiger partial charge in [0.25, 0.3) is 5.91 Å². The highest BCUT2D eigenvalue weighted by atomic mass is 16.5. The zero-order valence-electron chi connectivity index (χ0n) is 18.3. The second kappa shape index (κ2) is 11.1. The predicted octanol–water partition coefficient (Wildman–Crippen LogP) is 1.62. The fourth-order valence-electron chi connectivity index (χ4n) is 3.55. The number of amides is 3. The van der Waals surface area contributed by atoms with Crippen molar-refractivity contribution in [3.05, 3.63) is 54.2 Å². The normalized spacial score (nSPS) is 14.3. The molecule has 2 heterocycles. The largest absolute Gasteiger partial charge is 0.481 e. The molecule has 0 bridgehead atoms. The molecule has 0 spiro atoms. The van der Waals surface area contributed by atoms with Crippen molar-refractivity contribution >= 4 is 23.9 Å². The second-order valence-electron chi connectivity index (χ2n) is 7.51. The van der Waals surface area contributed by atoms with Crippen LogP contribution >= 0.6 is 0 Å². The summed E-state index contributed by atoms with van der Waals surface area (Å²) >= 11 is 0. The van der Waals surface area contributed by atoms with E-state index in [1.807, 2.05) is 30.3 Å². The quantitative estimate of drug-likeness (QED) is 0.650. The molecule has 1 atom stereocenters. The van der Waals surface area contributed by atoms with E-state index in [4.69, 9.17) is 9.84 Å². The van der Waals surface area contributed by atoms with E-state index >= 15 is 0 Å². The first-order valence-corrected chi connectivity index (χ1v) is 10.6. The molecule has 1 aliphatic heterocycles. The molecule has 0 aliphatic carbocycles. The lowest BCUT2D eigenvalue weighted by molar-refractivity contribution is -0.138. The molecule has 3 amide bonds. The molecule has 3 rings (SSSR count). The van der Waals surface area contributed by atoms with Gasteiger partial charge in [0.1, 0.15) is 11.7 Å². The van der Waals surface area contributed by atoms with E-state index in [-0.39, 0.29) is 31.6 Å². The Hall–Kier alpha value is -3.95. The number of rotatable bonds is 7. The number of piperazine rings is 1. The van der Waals surface area contributed by atoms with Gasteiger partial charge in [0.15, 0.2) is 0 Å². The molecule has 33 heavy (non-hydrogen) atoms. The van der Waals surface area contributed by atoms with Crippen molar-refractivity contribution in [2.24, 2.45) is 0 Å². The van der Waals surface area contributed by atoms with E-state index in [0.717, 1.165) is 5.56 Å². The number of hydrogen-bond acceptors (Lipinski definition) is 6. The van der Waals surface area contributed by atoms with Gasteiger partial charge in [-0.3, -0.25) is 14.4 Å². The molecule has 2 aromatic rings. The molecule has 1 aromatic carbocycles. The molecule has 10 nitrogen and oxygen atoms in total. The monoisotopic (exact) mass is 454 g/mol. The number of carbonyl (C=O) groups excluding carboxylic acids is 3. The van der Waals surface area contributed by atoms with Gasteiger partial charge in [-0.25, -0.2) is 9.78 Å². The van der Waals surface area contributed by atoms with Crippen LogP contribution in [0.3, 0.4) is 0 Å². The Balaban J connectivity index is 1.71. The molecule has 1 fully saturated rings. The first-order valence-electron chi connectivity index (χ1n) is 10.6. The Kier molecular flexibility index (Phi) is 7.96. The number of hydrogen-bond donors (Lipinski definition) is 2. The molecule has 174 valence electrons. The van der Waals surface area contributed by atoms with Crippen LogP contribution in [-0.4, -0.2) is 83.1 Å². The van der Waals surface area contributed by atoms with Crippen molar-refractivity contribution in [2.75, 3.05) is 33.3 Å². The summed E-state index contributed by atoms with van der Waals surface area (Å²) in [6.07, 6.45) is -0.812. The lowest BCUT2D eigenvalue weighted by atomic mass is 10.1. The van der Waals surface area contributed by atoms with Crippen molar-refractivity contribution in [3.8, 4) is 11.3 Å². The summed E-state index contributed by atoms with van der Waals surface area (Å²) in [5.74, 6) is -2.03. The summed E-state index contributed by atoms with van der Waals surface area (Å²) in [6.45, 7) is 1.10. The minimum Gasteiger partial charge on any atom is -0.481 e. The fourth-order valence-corrected chi connectivity index (χ4v) is 3.55. The third kappa shape index (κ3) is 6.28. The van der Waals surface area contributed by atoms with E-state index in [9.17, 15) is 19.2 Å². The highest BCUT2D eigenvalue weighted by molar-refractivity contribution is 5.96. The van der Waals surface area contributed by atoms with Crippen molar-refractivity contribution < 1.29 is 29.0 Å². The Labute approximate surface area is 191 Å². The summed E-state index contributed by atoms with van der Waals surface area (Å²) in [6, 6.07) is 13.3. The highest BCUT2D eigenvalue weighted by Gasteiger charge is 2.31. The molecule has 0 radical (unpaired) electrons. The average Bonchev–Trinajstić information content (AvgIpc) is 2.86. The molecule has 0 unspecified atom stereocenters. The number of nitrogens with zero attached hydrogens (tertiary/aromatic N) is 3. The lowest BCUT2D eigenvalue weighted by Gasteiger charge is -2.35. The van der Waals surface area contributed by atoms with Crippen LogP contribution in [0.2, 0.25) is 0 Å². The number of ether oxygens (including phenoxy) is 1. The van der Waals surface area contributed by atoms with Gasteiger partial charge in [0.2, 0.25) is 5.91 Å². The van der Waals surface area contributed by atoms with Crippen LogP contribution < -0.4 is 5.32 Å². The number of carbonyl (C=O) groups is 4. The third-order valence-electron chi connectivity index (χ3n) is 5.33. The van der Waals surface area contributed by atoms with Crippen molar-refractivity contribution in [3.63, 3.8) is 0 Å². The molecule has 1 aliphatic rings. The van der Waals surface area contributed by atoms with E-state index in [1.54, 1.807) is 12.1 Å². The summed E-state index contributed by atoms with van der Waals surface area (Å²) in [4.78, 5) is 56.1. The first kappa shape index (κ1) is 23.7. The number of aliphatic carboxylic acids is 1. The Morgan fingerprint density at radius 3 is 2.30 bits per heavy atom. The second-order valence-corrected chi connectivity index (χ2v) is 7.51. The van der Waals surface area contributed by atoms with Crippen molar-refractivity contribution in [1.82, 2.24) is 20.1 Å². The summed E-state index contributed by atoms with van der Waals surface area (Å²) in [5, 5.41) is 11.7. The zero-order valence-corrected chi connectivity index (χ0v) is 18.3. The number of nitrogens with one attached hydrogen (secondary N) is 1. The minimum atomic E-state index is -1.07. The van der Waals surface area contributed by atoms with Crippen molar-refractivity contribution in [1.29, 1.82) is 0 Å². The number of methoxy groups -OCH3 is 1. The SMILES string of the molecule is COC(=O)N1CCN(C(=O)[C@H](CCC(=O)O)NC(=O)c2cccc(-c3ccccc3)n2)CC1. The lowest BCUT2D eigenvalue weighted by Crippen LogP contribution is -2.56. The third-order valence-corrected chi connectivity index (χ3v) is 5.33. The van der Waals surface area contributed by atoms with Crippen LogP contribution in [0.15, 0.2) is 48.5 Å². The van der Waals surface area contributed by atoms with Crippen molar-refractivity contribution in [2.45, 2.75) is 18.9 Å². The van der Waals surface area contributed by atoms with Gasteiger partial charge in [-0.2, -0.15) is 0 Å². The van der Waals surface area contributed by atoms with Gasteiger partial charge in [-0.1, -0.05) is 36.4 Å². The molecule has 10 heteroatoms. The predicted molar refractivity (Wildman–Crippen MR) is 118 cm³/mol. The van der Waals surface area contributed by atoms with Gasteiger partial charge >= 0.3 is 12.1 Å². The number of aromatic nitrogens is 1. The van der Waals surface area contributed by atoms with E-state index in [0.29, 0.717) is 18.8 Å². The van der Waals surface area contributed by atoms with Crippen LogP contribution in [0.5, 0.6) is 0 Å². The standard InChI is InChI=1S/C23H26N4O6/c1-33-23(32)27-14-12-26(13-15-27)22(31)19(10-11-20(28)29)25-21(30)18-9-5-8-17(24-18)16-6-3-2-4-7-16/h2-9,19H,10-15H2,1H3,(H,25,30)(H,28,29)/t19-/m0/s1. The Morgan fingerprint density at radius 2 is 1.67 bits per heavy atom. The molecule has 2 N–H and O–H groups in total. The van der Waals surface area contributed by atoms with Crippen LogP contribution in [0.1, 0.15) is 23.3 Å². The molecular formula is C23H26N4O6. The van der Waals surface area contributed by atoms with E-state index in [2.05, 4.69) is 10.3 Å². The maximum absolute atomic E-state index is 13.1.